The number of unbranched alkanes of at least 4 members (excludes halogenated alkanes) is 12. The Kier molecular flexibility index (Phi) is 20.8. The summed E-state index contributed by atoms with van der Waals surface area (Å²) in [6, 6.07) is 50.8. The lowest BCUT2D eigenvalue weighted by Gasteiger charge is -2.30. The molecule has 8 aromatic carbocycles. The summed E-state index contributed by atoms with van der Waals surface area (Å²) < 4.78 is 37.9. The van der Waals surface area contributed by atoms with Crippen molar-refractivity contribution in [2.24, 2.45) is 0 Å². The average Bonchev–Trinajstić information content (AvgIpc) is 4.19. The second-order valence-electron chi connectivity index (χ2n) is 22.7. The molecule has 0 aliphatic rings. The summed E-state index contributed by atoms with van der Waals surface area (Å²) in [5.41, 5.74) is 13.3. The molecule has 424 valence electrons. The van der Waals surface area contributed by atoms with Crippen molar-refractivity contribution in [1.82, 2.24) is 8.75 Å². The van der Waals surface area contributed by atoms with Gasteiger partial charge in [0.1, 0.15) is 34.0 Å². The van der Waals surface area contributed by atoms with Crippen molar-refractivity contribution in [2.45, 2.75) is 164 Å². The van der Waals surface area contributed by atoms with E-state index in [1.807, 2.05) is 0 Å². The van der Waals surface area contributed by atoms with E-state index in [-0.39, 0.29) is 0 Å². The molecule has 0 aliphatic carbocycles. The lowest BCUT2D eigenvalue weighted by Crippen LogP contribution is -2.21. The summed E-state index contributed by atoms with van der Waals surface area (Å²) in [5.74, 6) is 3.62. The molecule has 1 heterocycles. The smallest absolute Gasteiger partial charge is 0.135 e. The van der Waals surface area contributed by atoms with Crippen LogP contribution in [0.4, 0.5) is 17.1 Å². The first-order chi connectivity index (χ1) is 39.7. The van der Waals surface area contributed by atoms with Crippen LogP contribution in [0.5, 0.6) is 23.0 Å². The number of para-hydroxylation sites is 1. The zero-order valence-corrected chi connectivity index (χ0v) is 50.6. The number of fused-ring (bicyclic) bond motifs is 3. The lowest BCUT2D eigenvalue weighted by molar-refractivity contribution is 0.301. The number of anilines is 3. The van der Waals surface area contributed by atoms with Gasteiger partial charge in [-0.05, 0) is 117 Å². The molecule has 9 aromatic rings. The summed E-state index contributed by atoms with van der Waals surface area (Å²) in [7, 11) is 0. The third-order valence-corrected chi connectivity index (χ3v) is 16.7. The van der Waals surface area contributed by atoms with Gasteiger partial charge in [0.15, 0.2) is 0 Å². The monoisotopic (exact) mass is 1100 g/mol. The topological polar surface area (TPSA) is 65.9 Å². The number of aryl methyl sites for hydroxylation is 2. The number of hydrogen-bond donors (Lipinski definition) is 0. The molecule has 7 nitrogen and oxygen atoms in total. The fourth-order valence-electron chi connectivity index (χ4n) is 11.5. The van der Waals surface area contributed by atoms with Crippen LogP contribution >= 0.6 is 11.7 Å². The molecular weight excluding hydrogens is 1010 g/mol. The van der Waals surface area contributed by atoms with Gasteiger partial charge in [-0.3, -0.25) is 0 Å². The molecule has 0 amide bonds. The maximum Gasteiger partial charge on any atom is 0.135 e. The maximum absolute atomic E-state index is 7.14. The largest absolute Gasteiger partial charge is 0.493 e. The predicted molar refractivity (Wildman–Crippen MR) is 345 cm³/mol. The minimum absolute atomic E-state index is 0.542. The minimum Gasteiger partial charge on any atom is -0.493 e. The van der Waals surface area contributed by atoms with Gasteiger partial charge in [-0.15, -0.1) is 0 Å². The van der Waals surface area contributed by atoms with Gasteiger partial charge in [0.05, 0.1) is 38.2 Å². The second-order valence-corrected chi connectivity index (χ2v) is 23.2. The molecule has 0 radical (unpaired) electrons. The molecule has 81 heavy (non-hydrogen) atoms. The third-order valence-electron chi connectivity index (χ3n) is 16.2. The van der Waals surface area contributed by atoms with E-state index in [1.165, 1.54) is 75.1 Å². The molecule has 1 aromatic heterocycles. The Bertz CT molecular complexity index is 3440. The van der Waals surface area contributed by atoms with E-state index < -0.39 is 5.41 Å². The molecule has 0 aliphatic heterocycles. The molecule has 0 atom stereocenters. The highest BCUT2D eigenvalue weighted by Crippen LogP contribution is 2.50. The van der Waals surface area contributed by atoms with Crippen LogP contribution in [-0.2, 0) is 5.41 Å². The second kappa shape index (κ2) is 28.7. The Morgan fingerprint density at radius 3 is 1.40 bits per heavy atom. The summed E-state index contributed by atoms with van der Waals surface area (Å²) >= 11 is 1.27. The van der Waals surface area contributed by atoms with E-state index in [0.717, 1.165) is 157 Å². The highest BCUT2D eigenvalue weighted by atomic mass is 32.1. The molecule has 9 rings (SSSR count). The Morgan fingerprint density at radius 2 is 0.815 bits per heavy atom. The number of aromatic nitrogens is 2. The first-order valence-electron chi connectivity index (χ1n) is 30.6. The van der Waals surface area contributed by atoms with Crippen molar-refractivity contribution in [2.75, 3.05) is 31.3 Å². The third kappa shape index (κ3) is 13.7. The molecule has 0 N–H and O–H groups in total. The number of hydrogen-bond acceptors (Lipinski definition) is 8. The Labute approximate surface area is 488 Å². The summed E-state index contributed by atoms with van der Waals surface area (Å²) in [5, 5.41) is 4.25. The Balaban J connectivity index is 1.13. The van der Waals surface area contributed by atoms with E-state index in [1.54, 1.807) is 0 Å². The van der Waals surface area contributed by atoms with E-state index in [2.05, 4.69) is 200 Å². The van der Waals surface area contributed by atoms with Crippen molar-refractivity contribution < 1.29 is 18.9 Å². The molecule has 0 bridgehead atoms. The van der Waals surface area contributed by atoms with Gasteiger partial charge >= 0.3 is 0 Å². The summed E-state index contributed by atoms with van der Waals surface area (Å²) in [4.78, 5) is 2.32. The molecule has 8 heteroatoms. The van der Waals surface area contributed by atoms with Gasteiger partial charge < -0.3 is 23.8 Å². The SMILES string of the molecule is CCCCCCOc1c(C)ccc2c(OCCCCCC)c(-c3ccc(C(C)(C)c4ccc5c(OCCCCCC)c(-c6ccc(N(c7ccccc7)c7ccc(C)cc7)cc6)ccc5c4OCCCCCC)c4nsnc34)ccc12. The van der Waals surface area contributed by atoms with Gasteiger partial charge in [-0.2, -0.15) is 8.75 Å². The van der Waals surface area contributed by atoms with Crippen LogP contribution in [0.3, 0.4) is 0 Å². The van der Waals surface area contributed by atoms with Crippen molar-refractivity contribution in [3.05, 3.63) is 162 Å². The van der Waals surface area contributed by atoms with E-state index in [9.17, 15) is 0 Å². The van der Waals surface area contributed by atoms with Gasteiger partial charge in [-0.25, -0.2) is 0 Å². The quantitative estimate of drug-likeness (QED) is 0.0401. The lowest BCUT2D eigenvalue weighted by atomic mass is 9.75. The van der Waals surface area contributed by atoms with Crippen LogP contribution in [0.1, 0.15) is 167 Å². The van der Waals surface area contributed by atoms with Crippen molar-refractivity contribution >= 4 is 61.4 Å². The van der Waals surface area contributed by atoms with Crippen LogP contribution in [0.2, 0.25) is 0 Å². The fraction of sp³-hybridized carbons (Fsp3) is 0.397. The van der Waals surface area contributed by atoms with Crippen molar-refractivity contribution in [1.29, 1.82) is 0 Å². The number of nitrogens with zero attached hydrogens (tertiary/aromatic N) is 3. The van der Waals surface area contributed by atoms with Crippen molar-refractivity contribution in [3.8, 4) is 45.3 Å². The van der Waals surface area contributed by atoms with Crippen LogP contribution < -0.4 is 23.8 Å². The fourth-order valence-corrected chi connectivity index (χ4v) is 12.0. The first kappa shape index (κ1) is 58.7. The van der Waals surface area contributed by atoms with Gasteiger partial charge in [0, 0.05) is 66.3 Å². The van der Waals surface area contributed by atoms with E-state index >= 15 is 0 Å². The summed E-state index contributed by atoms with van der Waals surface area (Å²) in [6.07, 6.45) is 18.1. The predicted octanol–water partition coefficient (Wildman–Crippen LogP) is 21.6. The molecule has 0 spiro atoms. The van der Waals surface area contributed by atoms with E-state index in [4.69, 9.17) is 27.7 Å². The number of benzene rings is 8. The molecule has 0 saturated carbocycles. The number of ether oxygens (including phenoxy) is 4. The molecular formula is C73H87N3O4S. The molecule has 0 fully saturated rings. The van der Waals surface area contributed by atoms with Crippen LogP contribution in [0.25, 0.3) is 54.8 Å². The van der Waals surface area contributed by atoms with Gasteiger partial charge in [0.2, 0.25) is 0 Å². The van der Waals surface area contributed by atoms with Crippen molar-refractivity contribution in [3.63, 3.8) is 0 Å². The van der Waals surface area contributed by atoms with Crippen LogP contribution in [0.15, 0.2) is 140 Å². The first-order valence-corrected chi connectivity index (χ1v) is 31.4. The Morgan fingerprint density at radius 1 is 0.383 bits per heavy atom. The molecule has 0 unspecified atom stereocenters. The highest BCUT2D eigenvalue weighted by molar-refractivity contribution is 7.00. The summed E-state index contributed by atoms with van der Waals surface area (Å²) in [6.45, 7) is 20.5. The van der Waals surface area contributed by atoms with Gasteiger partial charge in [0.25, 0.3) is 0 Å². The molecule has 0 saturated heterocycles. The van der Waals surface area contributed by atoms with Gasteiger partial charge in [-0.1, -0.05) is 203 Å². The van der Waals surface area contributed by atoms with E-state index in [0.29, 0.717) is 26.4 Å². The number of rotatable bonds is 31. The Hall–Kier alpha value is -6.90. The zero-order valence-electron chi connectivity index (χ0n) is 49.8. The minimum atomic E-state index is -0.542. The van der Waals surface area contributed by atoms with Crippen LogP contribution in [-0.4, -0.2) is 35.2 Å². The zero-order chi connectivity index (χ0) is 56.6. The standard InChI is InChI=1S/C73H87N3O4S/c1-9-13-17-24-48-77-69-53(6)32-39-62-61(69)43-42-60(71(62)79-50-26-19-15-11-3)59-44-46-65(68-67(59)74-81-75-68)73(7,8)66-47-45-63-64(72(66)80-51-27-20-16-12-4)41-40-58(70(63)78-49-25-18-14-10-2)54-33-37-57(38-34-54)76(55-28-22-21-23-29-55)56-35-30-52(5)31-36-56/h21-23,28-47H,9-20,24-27,48-51H2,1-8H3. The van der Waals surface area contributed by atoms with Crippen LogP contribution in [0, 0.1) is 13.8 Å². The normalized spacial score (nSPS) is 11.7. The maximum atomic E-state index is 7.14. The highest BCUT2D eigenvalue weighted by Gasteiger charge is 2.33. The average molecular weight is 1100 g/mol.